The summed E-state index contributed by atoms with van der Waals surface area (Å²) < 4.78 is 5.13. The fraction of sp³-hybridized carbons (Fsp3) is 0.115. The standard InChI is InChI=1S/C26H20ClN3O6/c27-20-13-7-6-12-19(20)23(32)29-28-22(31)15-36-26(35)21(14-16-8-2-1-3-9-16)30-24(33)17-10-4-5-11-18(17)25(30)34/h1-13,21H,14-15H2,(H,28,31)(H,29,32)/t21-/m0/s1. The number of amides is 4. The summed E-state index contributed by atoms with van der Waals surface area (Å²) in [6.45, 7) is -0.754. The number of hydrogen-bond donors (Lipinski definition) is 2. The lowest BCUT2D eigenvalue weighted by Gasteiger charge is -2.24. The monoisotopic (exact) mass is 505 g/mol. The van der Waals surface area contributed by atoms with Crippen LogP contribution in [0.2, 0.25) is 5.02 Å². The first-order chi connectivity index (χ1) is 17.4. The van der Waals surface area contributed by atoms with Crippen molar-refractivity contribution < 1.29 is 28.7 Å². The van der Waals surface area contributed by atoms with Crippen LogP contribution in [0.1, 0.15) is 36.6 Å². The van der Waals surface area contributed by atoms with E-state index in [0.717, 1.165) is 4.90 Å². The molecule has 0 saturated heterocycles. The molecule has 182 valence electrons. The van der Waals surface area contributed by atoms with E-state index in [4.69, 9.17) is 16.3 Å². The molecule has 0 saturated carbocycles. The first-order valence-corrected chi connectivity index (χ1v) is 11.3. The molecule has 10 heteroatoms. The third-order valence-electron chi connectivity index (χ3n) is 5.46. The van der Waals surface area contributed by atoms with E-state index in [1.807, 2.05) is 0 Å². The molecule has 0 radical (unpaired) electrons. The minimum Gasteiger partial charge on any atom is -0.454 e. The van der Waals surface area contributed by atoms with Crippen LogP contribution in [0.25, 0.3) is 0 Å². The molecule has 1 heterocycles. The number of carbonyl (C=O) groups excluding carboxylic acids is 5. The van der Waals surface area contributed by atoms with Gasteiger partial charge in [0.15, 0.2) is 6.61 Å². The fourth-order valence-corrected chi connectivity index (χ4v) is 3.94. The second-order valence-corrected chi connectivity index (χ2v) is 8.23. The number of imide groups is 1. The predicted molar refractivity (Wildman–Crippen MR) is 129 cm³/mol. The SMILES string of the molecule is O=C(COC(=O)[C@H](Cc1ccccc1)N1C(=O)c2ccccc2C1=O)NNC(=O)c1ccccc1Cl. The van der Waals surface area contributed by atoms with Gasteiger partial charge in [0.05, 0.1) is 21.7 Å². The molecule has 1 atom stereocenters. The van der Waals surface area contributed by atoms with Gasteiger partial charge in [-0.05, 0) is 29.8 Å². The molecule has 0 fully saturated rings. The average Bonchev–Trinajstić information content (AvgIpc) is 3.15. The molecule has 4 amide bonds. The van der Waals surface area contributed by atoms with Crippen LogP contribution in [0.3, 0.4) is 0 Å². The Morgan fingerprint density at radius 1 is 0.806 bits per heavy atom. The van der Waals surface area contributed by atoms with E-state index in [-0.39, 0.29) is 28.1 Å². The predicted octanol–water partition coefficient (Wildman–Crippen LogP) is 2.55. The summed E-state index contributed by atoms with van der Waals surface area (Å²) in [5, 5.41) is 0.195. The Morgan fingerprint density at radius 2 is 1.39 bits per heavy atom. The van der Waals surface area contributed by atoms with Crippen molar-refractivity contribution in [1.29, 1.82) is 0 Å². The number of hydrogen-bond acceptors (Lipinski definition) is 6. The number of hydrazine groups is 1. The molecule has 1 aliphatic heterocycles. The summed E-state index contributed by atoms with van der Waals surface area (Å²) in [5.41, 5.74) is 5.52. The largest absolute Gasteiger partial charge is 0.454 e. The lowest BCUT2D eigenvalue weighted by atomic mass is 10.0. The smallest absolute Gasteiger partial charge is 0.330 e. The van der Waals surface area contributed by atoms with Gasteiger partial charge in [0, 0.05) is 6.42 Å². The highest BCUT2D eigenvalue weighted by atomic mass is 35.5. The molecule has 36 heavy (non-hydrogen) atoms. The van der Waals surface area contributed by atoms with E-state index in [9.17, 15) is 24.0 Å². The average molecular weight is 506 g/mol. The van der Waals surface area contributed by atoms with E-state index in [0.29, 0.717) is 5.56 Å². The molecule has 4 rings (SSSR count). The summed E-state index contributed by atoms with van der Waals surface area (Å²) in [6, 6.07) is 20.0. The highest BCUT2D eigenvalue weighted by molar-refractivity contribution is 6.33. The van der Waals surface area contributed by atoms with Crippen LogP contribution < -0.4 is 10.9 Å². The first kappa shape index (κ1) is 24.6. The molecule has 1 aliphatic rings. The minimum absolute atomic E-state index is 0.00397. The van der Waals surface area contributed by atoms with Crippen LogP contribution in [0, 0.1) is 0 Å². The van der Waals surface area contributed by atoms with Crippen LogP contribution in [0.4, 0.5) is 0 Å². The molecule has 0 unspecified atom stereocenters. The van der Waals surface area contributed by atoms with E-state index >= 15 is 0 Å². The summed E-state index contributed by atoms with van der Waals surface area (Å²) >= 11 is 5.96. The van der Waals surface area contributed by atoms with Gasteiger partial charge in [-0.15, -0.1) is 0 Å². The molecule has 9 nitrogen and oxygen atoms in total. The Bertz CT molecular complexity index is 1310. The summed E-state index contributed by atoms with van der Waals surface area (Å²) in [5.74, 6) is -3.67. The highest BCUT2D eigenvalue weighted by Crippen LogP contribution is 2.26. The fourth-order valence-electron chi connectivity index (χ4n) is 3.72. The molecule has 0 aliphatic carbocycles. The van der Waals surface area contributed by atoms with Crippen molar-refractivity contribution in [3.8, 4) is 0 Å². The second-order valence-electron chi connectivity index (χ2n) is 7.82. The normalized spacial score (nSPS) is 13.1. The van der Waals surface area contributed by atoms with Gasteiger partial charge in [-0.1, -0.05) is 66.2 Å². The molecular weight excluding hydrogens is 486 g/mol. The number of carbonyl (C=O) groups is 5. The maximum Gasteiger partial charge on any atom is 0.330 e. The molecule has 0 bridgehead atoms. The van der Waals surface area contributed by atoms with E-state index < -0.39 is 42.2 Å². The van der Waals surface area contributed by atoms with Crippen molar-refractivity contribution in [1.82, 2.24) is 15.8 Å². The Morgan fingerprint density at radius 3 is 2.03 bits per heavy atom. The van der Waals surface area contributed by atoms with Crippen LogP contribution in [0.15, 0.2) is 78.9 Å². The Labute approximate surface area is 211 Å². The van der Waals surface area contributed by atoms with Crippen molar-refractivity contribution in [2.75, 3.05) is 6.61 Å². The highest BCUT2D eigenvalue weighted by Gasteiger charge is 2.43. The Kier molecular flexibility index (Phi) is 7.41. The lowest BCUT2D eigenvalue weighted by Crippen LogP contribution is -2.48. The molecule has 0 aromatic heterocycles. The van der Waals surface area contributed by atoms with E-state index in [2.05, 4.69) is 10.9 Å². The Hall–Kier alpha value is -4.50. The third kappa shape index (κ3) is 5.26. The maximum absolute atomic E-state index is 13.0. The van der Waals surface area contributed by atoms with Gasteiger partial charge >= 0.3 is 5.97 Å². The molecule has 0 spiro atoms. The van der Waals surface area contributed by atoms with Gasteiger partial charge in [0.1, 0.15) is 6.04 Å². The summed E-state index contributed by atoms with van der Waals surface area (Å²) in [6.07, 6.45) is -0.00397. The van der Waals surface area contributed by atoms with Crippen molar-refractivity contribution in [3.05, 3.63) is 106 Å². The summed E-state index contributed by atoms with van der Waals surface area (Å²) in [7, 11) is 0. The molecule has 3 aromatic rings. The molecule has 3 aromatic carbocycles. The van der Waals surface area contributed by atoms with Crippen LogP contribution in [-0.4, -0.2) is 47.1 Å². The number of halogens is 1. The number of fused-ring (bicyclic) bond motifs is 1. The van der Waals surface area contributed by atoms with Crippen LogP contribution in [0.5, 0.6) is 0 Å². The summed E-state index contributed by atoms with van der Waals surface area (Å²) in [4.78, 5) is 64.2. The van der Waals surface area contributed by atoms with Crippen molar-refractivity contribution >= 4 is 41.2 Å². The van der Waals surface area contributed by atoms with Gasteiger partial charge in [-0.2, -0.15) is 0 Å². The van der Waals surface area contributed by atoms with Crippen LogP contribution in [-0.2, 0) is 20.7 Å². The Balaban J connectivity index is 1.43. The maximum atomic E-state index is 13.0. The van der Waals surface area contributed by atoms with Gasteiger partial charge in [0.25, 0.3) is 23.6 Å². The second kappa shape index (κ2) is 10.8. The van der Waals surface area contributed by atoms with Gasteiger partial charge in [-0.25, -0.2) is 4.79 Å². The number of nitrogens with zero attached hydrogens (tertiary/aromatic N) is 1. The lowest BCUT2D eigenvalue weighted by molar-refractivity contribution is -0.152. The van der Waals surface area contributed by atoms with Crippen molar-refractivity contribution in [2.45, 2.75) is 12.5 Å². The van der Waals surface area contributed by atoms with Gasteiger partial charge < -0.3 is 4.74 Å². The van der Waals surface area contributed by atoms with E-state index in [1.54, 1.807) is 54.6 Å². The number of esters is 1. The van der Waals surface area contributed by atoms with Gasteiger partial charge in [-0.3, -0.25) is 34.9 Å². The topological polar surface area (TPSA) is 122 Å². The molecular formula is C26H20ClN3O6. The zero-order valence-electron chi connectivity index (χ0n) is 18.8. The van der Waals surface area contributed by atoms with Crippen molar-refractivity contribution in [3.63, 3.8) is 0 Å². The zero-order valence-corrected chi connectivity index (χ0v) is 19.5. The number of ether oxygens (including phenoxy) is 1. The van der Waals surface area contributed by atoms with Gasteiger partial charge in [0.2, 0.25) is 0 Å². The number of benzene rings is 3. The quantitative estimate of drug-likeness (QED) is 0.289. The minimum atomic E-state index is -1.30. The molecule has 2 N–H and O–H groups in total. The third-order valence-corrected chi connectivity index (χ3v) is 5.79. The zero-order chi connectivity index (χ0) is 25.7. The van der Waals surface area contributed by atoms with E-state index in [1.165, 1.54) is 24.3 Å². The first-order valence-electron chi connectivity index (χ1n) is 10.9. The van der Waals surface area contributed by atoms with Crippen LogP contribution >= 0.6 is 11.6 Å². The number of nitrogens with one attached hydrogen (secondary N) is 2. The number of rotatable bonds is 7. The van der Waals surface area contributed by atoms with Crippen molar-refractivity contribution in [2.24, 2.45) is 0 Å².